The van der Waals surface area contributed by atoms with Gasteiger partial charge < -0.3 is 4.74 Å². The van der Waals surface area contributed by atoms with Crippen LogP contribution in [0.4, 0.5) is 0 Å². The third kappa shape index (κ3) is 6.10. The number of nitrogens with zero attached hydrogens (tertiary/aromatic N) is 1. The molecule has 1 aromatic rings. The molecule has 0 aromatic heterocycles. The molecular formula is C22H31NO. The van der Waals surface area contributed by atoms with E-state index in [2.05, 4.69) is 74.7 Å². The van der Waals surface area contributed by atoms with Crippen LogP contribution in [-0.4, -0.2) is 30.7 Å². The van der Waals surface area contributed by atoms with Crippen molar-refractivity contribution >= 4 is 0 Å². The Balaban J connectivity index is 1.74. The Bertz CT molecular complexity index is 585. The second kappa shape index (κ2) is 9.61. The summed E-state index contributed by atoms with van der Waals surface area (Å²) in [4.78, 5) is 2.48. The van der Waals surface area contributed by atoms with Gasteiger partial charge in [0.05, 0.1) is 12.7 Å². The van der Waals surface area contributed by atoms with Crippen LogP contribution in [0.2, 0.25) is 0 Å². The molecule has 0 spiro atoms. The van der Waals surface area contributed by atoms with E-state index in [9.17, 15) is 0 Å². The van der Waals surface area contributed by atoms with E-state index in [0.29, 0.717) is 12.7 Å². The molecule has 0 amide bonds. The summed E-state index contributed by atoms with van der Waals surface area (Å²) in [6, 6.07) is 10.7. The second-order valence-corrected chi connectivity index (χ2v) is 6.76. The van der Waals surface area contributed by atoms with Gasteiger partial charge >= 0.3 is 0 Å². The van der Waals surface area contributed by atoms with Crippen LogP contribution in [0.1, 0.15) is 39.2 Å². The molecule has 1 aromatic carbocycles. The van der Waals surface area contributed by atoms with Gasteiger partial charge in [0.2, 0.25) is 0 Å². The molecule has 0 saturated carbocycles. The van der Waals surface area contributed by atoms with Crippen molar-refractivity contribution in [1.29, 1.82) is 0 Å². The van der Waals surface area contributed by atoms with Crippen LogP contribution in [0.15, 0.2) is 65.8 Å². The molecule has 2 rings (SSSR count). The first-order valence-electron chi connectivity index (χ1n) is 8.98. The maximum absolute atomic E-state index is 6.09. The minimum Gasteiger partial charge on any atom is -0.373 e. The van der Waals surface area contributed by atoms with Crippen LogP contribution in [0.5, 0.6) is 0 Å². The minimum atomic E-state index is 0.354. The van der Waals surface area contributed by atoms with E-state index >= 15 is 0 Å². The monoisotopic (exact) mass is 325 g/mol. The van der Waals surface area contributed by atoms with E-state index in [-0.39, 0.29) is 0 Å². The molecule has 2 heteroatoms. The summed E-state index contributed by atoms with van der Waals surface area (Å²) < 4.78 is 6.09. The first-order chi connectivity index (χ1) is 11.6. The molecular weight excluding hydrogens is 294 g/mol. The van der Waals surface area contributed by atoms with Crippen LogP contribution in [0.3, 0.4) is 0 Å². The van der Waals surface area contributed by atoms with Crippen molar-refractivity contribution in [3.63, 3.8) is 0 Å². The molecule has 24 heavy (non-hydrogen) atoms. The average Bonchev–Trinajstić information content (AvgIpc) is 3.05. The van der Waals surface area contributed by atoms with Gasteiger partial charge in [-0.15, -0.1) is 0 Å². The first kappa shape index (κ1) is 18.7. The normalized spacial score (nSPS) is 19.7. The summed E-state index contributed by atoms with van der Waals surface area (Å²) in [7, 11) is 0. The quantitative estimate of drug-likeness (QED) is 0.614. The number of benzene rings is 1. The third-order valence-electron chi connectivity index (χ3n) is 4.63. The van der Waals surface area contributed by atoms with Gasteiger partial charge in [0.25, 0.3) is 0 Å². The summed E-state index contributed by atoms with van der Waals surface area (Å²) in [6.07, 6.45) is 6.80. The first-order valence-corrected chi connectivity index (χ1v) is 8.98. The molecule has 1 aliphatic heterocycles. The Morgan fingerprint density at radius 1 is 1.25 bits per heavy atom. The Morgan fingerprint density at radius 2 is 2.00 bits per heavy atom. The molecule has 130 valence electrons. The molecule has 1 heterocycles. The lowest BCUT2D eigenvalue weighted by molar-refractivity contribution is 0.0749. The summed E-state index contributed by atoms with van der Waals surface area (Å²) in [5.41, 5.74) is 5.10. The fourth-order valence-electron chi connectivity index (χ4n) is 2.88. The fraction of sp³-hybridized carbons (Fsp3) is 0.455. The Morgan fingerprint density at radius 3 is 2.71 bits per heavy atom. The van der Waals surface area contributed by atoms with Crippen LogP contribution in [-0.2, 0) is 11.3 Å². The van der Waals surface area contributed by atoms with Crippen molar-refractivity contribution in [2.24, 2.45) is 0 Å². The molecule has 0 aliphatic carbocycles. The van der Waals surface area contributed by atoms with E-state index < -0.39 is 0 Å². The molecule has 2 nitrogen and oxygen atoms in total. The van der Waals surface area contributed by atoms with Gasteiger partial charge in [-0.1, -0.05) is 61.6 Å². The van der Waals surface area contributed by atoms with Crippen LogP contribution in [0.25, 0.3) is 0 Å². The Labute approximate surface area is 147 Å². The predicted molar refractivity (Wildman–Crippen MR) is 103 cm³/mol. The highest BCUT2D eigenvalue weighted by Crippen LogP contribution is 2.17. The SMILES string of the molecule is C=C(CC)/C(C)=C\C=C(/C)CO[C@@H]1CCN(Cc2ccccc2)C1. The predicted octanol–water partition coefficient (Wildman–Crippen LogP) is 5.14. The van der Waals surface area contributed by atoms with E-state index in [1.165, 1.54) is 22.3 Å². The van der Waals surface area contributed by atoms with E-state index in [4.69, 9.17) is 4.74 Å². The molecule has 0 N–H and O–H groups in total. The van der Waals surface area contributed by atoms with Crippen LogP contribution in [0, 0.1) is 0 Å². The van der Waals surface area contributed by atoms with Crippen molar-refractivity contribution in [1.82, 2.24) is 4.90 Å². The Hall–Kier alpha value is -1.64. The second-order valence-electron chi connectivity index (χ2n) is 6.76. The molecule has 1 saturated heterocycles. The van der Waals surface area contributed by atoms with Crippen LogP contribution < -0.4 is 0 Å². The zero-order valence-corrected chi connectivity index (χ0v) is 15.4. The number of likely N-dealkylation sites (tertiary alicyclic amines) is 1. The summed E-state index contributed by atoms with van der Waals surface area (Å²) in [5, 5.41) is 0. The standard InChI is InChI=1S/C22H31NO/c1-5-19(3)20(4)12-11-18(2)17-24-22-13-14-23(16-22)15-21-9-7-6-8-10-21/h6-12,22H,3,5,13-17H2,1-2,4H3/b18-11+,20-12-/t22-/m1/s1. The largest absolute Gasteiger partial charge is 0.373 e. The number of hydrogen-bond acceptors (Lipinski definition) is 2. The highest BCUT2D eigenvalue weighted by Gasteiger charge is 2.22. The van der Waals surface area contributed by atoms with Gasteiger partial charge in [-0.3, -0.25) is 4.90 Å². The molecule has 1 atom stereocenters. The third-order valence-corrected chi connectivity index (χ3v) is 4.63. The van der Waals surface area contributed by atoms with Gasteiger partial charge in [0.15, 0.2) is 0 Å². The zero-order chi connectivity index (χ0) is 17.4. The lowest BCUT2D eigenvalue weighted by Crippen LogP contribution is -2.23. The molecule has 1 aliphatic rings. The number of allylic oxidation sites excluding steroid dienone is 4. The van der Waals surface area contributed by atoms with Crippen molar-refractivity contribution < 1.29 is 4.74 Å². The van der Waals surface area contributed by atoms with Crippen molar-refractivity contribution in [2.75, 3.05) is 19.7 Å². The zero-order valence-electron chi connectivity index (χ0n) is 15.4. The van der Waals surface area contributed by atoms with Crippen LogP contribution >= 0.6 is 0 Å². The van der Waals surface area contributed by atoms with Crippen molar-refractivity contribution in [2.45, 2.75) is 46.3 Å². The summed E-state index contributed by atoms with van der Waals surface area (Å²) >= 11 is 0. The maximum Gasteiger partial charge on any atom is 0.0718 e. The highest BCUT2D eigenvalue weighted by molar-refractivity contribution is 5.30. The average molecular weight is 325 g/mol. The molecule has 0 bridgehead atoms. The maximum atomic E-state index is 6.09. The number of hydrogen-bond donors (Lipinski definition) is 0. The van der Waals surface area contributed by atoms with Gasteiger partial charge in [-0.2, -0.15) is 0 Å². The van der Waals surface area contributed by atoms with E-state index in [1.54, 1.807) is 0 Å². The number of ether oxygens (including phenoxy) is 1. The minimum absolute atomic E-state index is 0.354. The topological polar surface area (TPSA) is 12.5 Å². The molecule has 0 radical (unpaired) electrons. The lowest BCUT2D eigenvalue weighted by Gasteiger charge is -2.16. The van der Waals surface area contributed by atoms with E-state index in [1.807, 2.05) is 0 Å². The van der Waals surface area contributed by atoms with E-state index in [0.717, 1.165) is 32.5 Å². The lowest BCUT2D eigenvalue weighted by atomic mass is 10.1. The highest BCUT2D eigenvalue weighted by atomic mass is 16.5. The fourth-order valence-corrected chi connectivity index (χ4v) is 2.88. The van der Waals surface area contributed by atoms with Crippen molar-refractivity contribution in [3.05, 3.63) is 71.3 Å². The van der Waals surface area contributed by atoms with Crippen molar-refractivity contribution in [3.8, 4) is 0 Å². The van der Waals surface area contributed by atoms with Gasteiger partial charge in [-0.25, -0.2) is 0 Å². The molecule has 0 unspecified atom stereocenters. The smallest absolute Gasteiger partial charge is 0.0718 e. The Kier molecular flexibility index (Phi) is 7.48. The van der Waals surface area contributed by atoms with Gasteiger partial charge in [0.1, 0.15) is 0 Å². The summed E-state index contributed by atoms with van der Waals surface area (Å²) in [5.74, 6) is 0. The molecule has 1 fully saturated rings. The van der Waals surface area contributed by atoms with Gasteiger partial charge in [-0.05, 0) is 43.4 Å². The van der Waals surface area contributed by atoms with Gasteiger partial charge in [0, 0.05) is 19.6 Å². The number of rotatable bonds is 8. The summed E-state index contributed by atoms with van der Waals surface area (Å²) in [6.45, 7) is 14.4.